The minimum atomic E-state index is -4.45. The van der Waals surface area contributed by atoms with Crippen LogP contribution in [0.4, 0.5) is 22.0 Å². The maximum atomic E-state index is 13.7. The molecule has 0 spiro atoms. The van der Waals surface area contributed by atoms with Crippen LogP contribution in [0.3, 0.4) is 0 Å². The zero-order valence-electron chi connectivity index (χ0n) is 11.4. The van der Waals surface area contributed by atoms with Gasteiger partial charge < -0.3 is 4.74 Å². The molecule has 120 valence electrons. The fourth-order valence-electron chi connectivity index (χ4n) is 1.72. The van der Waals surface area contributed by atoms with Crippen LogP contribution in [0, 0.1) is 18.6 Å². The van der Waals surface area contributed by atoms with Crippen molar-refractivity contribution in [1.29, 1.82) is 0 Å². The van der Waals surface area contributed by atoms with Gasteiger partial charge in [0, 0.05) is 5.56 Å². The van der Waals surface area contributed by atoms with E-state index in [0.29, 0.717) is 0 Å². The van der Waals surface area contributed by atoms with Gasteiger partial charge in [0.25, 0.3) is 6.43 Å². The second-order valence-electron chi connectivity index (χ2n) is 4.47. The molecule has 0 atom stereocenters. The van der Waals surface area contributed by atoms with E-state index >= 15 is 0 Å². The summed E-state index contributed by atoms with van der Waals surface area (Å²) in [6.45, 7) is 1.67. The molecule has 0 unspecified atom stereocenters. The zero-order chi connectivity index (χ0) is 16.5. The molecule has 0 aliphatic heterocycles. The number of benzene rings is 1. The van der Waals surface area contributed by atoms with Crippen molar-refractivity contribution in [2.24, 2.45) is 0 Å². The van der Waals surface area contributed by atoms with Crippen molar-refractivity contribution in [2.75, 3.05) is 6.86 Å². The van der Waals surface area contributed by atoms with Gasteiger partial charge in [0.05, 0.1) is 10.8 Å². The molecule has 0 aliphatic rings. The lowest BCUT2D eigenvalue weighted by molar-refractivity contribution is 0.136. The standard InChI is InChI=1S/C12H13F5O3S/c1-5(2)21(18,19)11-7(12(16)17)9(15)8(14)6(3)10(11)20-4-13/h5,12H,4H2,1-3H3. The SMILES string of the molecule is Cc1c(F)c(F)c(C(F)F)c(S(=O)(=O)C(C)C)c1OCF. The molecule has 0 aliphatic carbocycles. The summed E-state index contributed by atoms with van der Waals surface area (Å²) >= 11 is 0. The van der Waals surface area contributed by atoms with Gasteiger partial charge in [0.1, 0.15) is 10.6 Å². The van der Waals surface area contributed by atoms with Crippen molar-refractivity contribution >= 4 is 9.84 Å². The number of ether oxygens (including phenoxy) is 1. The van der Waals surface area contributed by atoms with Crippen LogP contribution >= 0.6 is 0 Å². The van der Waals surface area contributed by atoms with Crippen LogP contribution in [0.5, 0.6) is 5.75 Å². The van der Waals surface area contributed by atoms with E-state index in [9.17, 15) is 30.4 Å². The molecule has 0 aromatic heterocycles. The third kappa shape index (κ3) is 2.97. The Labute approximate surface area is 118 Å². The molecule has 21 heavy (non-hydrogen) atoms. The molecule has 3 nitrogen and oxygen atoms in total. The van der Waals surface area contributed by atoms with Crippen LogP contribution in [-0.2, 0) is 9.84 Å². The first-order valence-corrected chi connectivity index (χ1v) is 7.34. The van der Waals surface area contributed by atoms with Crippen molar-refractivity contribution in [3.63, 3.8) is 0 Å². The van der Waals surface area contributed by atoms with Crippen LogP contribution < -0.4 is 4.74 Å². The van der Waals surface area contributed by atoms with Crippen molar-refractivity contribution < 1.29 is 35.1 Å². The van der Waals surface area contributed by atoms with Gasteiger partial charge in [-0.3, -0.25) is 0 Å². The van der Waals surface area contributed by atoms with Gasteiger partial charge in [-0.2, -0.15) is 0 Å². The van der Waals surface area contributed by atoms with Crippen LogP contribution in [0.1, 0.15) is 31.4 Å². The summed E-state index contributed by atoms with van der Waals surface area (Å²) in [5, 5.41) is -1.21. The summed E-state index contributed by atoms with van der Waals surface area (Å²) in [5.74, 6) is -4.61. The summed E-state index contributed by atoms with van der Waals surface area (Å²) in [6.07, 6.45) is -3.61. The molecule has 0 bridgehead atoms. The fourth-order valence-corrected chi connectivity index (χ4v) is 3.14. The maximum absolute atomic E-state index is 13.7. The highest BCUT2D eigenvalue weighted by molar-refractivity contribution is 7.92. The van der Waals surface area contributed by atoms with Crippen molar-refractivity contribution in [3.8, 4) is 5.75 Å². The minimum Gasteiger partial charge on any atom is -0.461 e. The second-order valence-corrected chi connectivity index (χ2v) is 6.91. The average molecular weight is 332 g/mol. The smallest absolute Gasteiger partial charge is 0.268 e. The Morgan fingerprint density at radius 1 is 1.14 bits per heavy atom. The molecule has 0 fully saturated rings. The van der Waals surface area contributed by atoms with E-state index in [2.05, 4.69) is 4.74 Å². The molecular weight excluding hydrogens is 319 g/mol. The minimum absolute atomic E-state index is 0.686. The van der Waals surface area contributed by atoms with Gasteiger partial charge >= 0.3 is 0 Å². The lowest BCUT2D eigenvalue weighted by Crippen LogP contribution is -2.20. The third-order valence-electron chi connectivity index (χ3n) is 2.87. The molecular formula is C12H13F5O3S. The van der Waals surface area contributed by atoms with Gasteiger partial charge in [0.15, 0.2) is 21.5 Å². The maximum Gasteiger partial charge on any atom is 0.268 e. The van der Waals surface area contributed by atoms with Gasteiger partial charge in [-0.1, -0.05) is 0 Å². The first-order valence-electron chi connectivity index (χ1n) is 5.79. The topological polar surface area (TPSA) is 43.4 Å². The molecule has 0 N–H and O–H groups in total. The van der Waals surface area contributed by atoms with Gasteiger partial charge in [0.2, 0.25) is 6.86 Å². The molecule has 9 heteroatoms. The molecule has 1 aromatic rings. The lowest BCUT2D eigenvalue weighted by Gasteiger charge is -2.19. The fraction of sp³-hybridized carbons (Fsp3) is 0.500. The highest BCUT2D eigenvalue weighted by atomic mass is 32.2. The van der Waals surface area contributed by atoms with E-state index in [1.54, 1.807) is 0 Å². The second kappa shape index (κ2) is 6.17. The summed E-state index contributed by atoms with van der Waals surface area (Å²) in [5.41, 5.74) is -2.33. The highest BCUT2D eigenvalue weighted by Crippen LogP contribution is 2.41. The van der Waals surface area contributed by atoms with Gasteiger partial charge in [-0.25, -0.2) is 30.4 Å². The van der Waals surface area contributed by atoms with E-state index in [-0.39, 0.29) is 0 Å². The highest BCUT2D eigenvalue weighted by Gasteiger charge is 2.36. The summed E-state index contributed by atoms with van der Waals surface area (Å²) in [7, 11) is -4.45. The predicted octanol–water partition coefficient (Wildman–Crippen LogP) is 3.70. The molecule has 1 rings (SSSR count). The number of rotatable bonds is 5. The lowest BCUT2D eigenvalue weighted by atomic mass is 10.1. The van der Waals surface area contributed by atoms with E-state index < -0.39 is 61.8 Å². The summed E-state index contributed by atoms with van der Waals surface area (Å²) < 4.78 is 94.3. The van der Waals surface area contributed by atoms with E-state index in [0.717, 1.165) is 6.92 Å². The normalized spacial score (nSPS) is 12.3. The Morgan fingerprint density at radius 3 is 2.05 bits per heavy atom. The van der Waals surface area contributed by atoms with E-state index in [1.165, 1.54) is 13.8 Å². The Bertz CT molecular complexity index is 641. The molecule has 0 saturated carbocycles. The Kier molecular flexibility index (Phi) is 5.19. The van der Waals surface area contributed by atoms with E-state index in [1.807, 2.05) is 0 Å². The number of halogens is 5. The number of hydrogen-bond donors (Lipinski definition) is 0. The largest absolute Gasteiger partial charge is 0.461 e. The monoisotopic (exact) mass is 332 g/mol. The zero-order valence-corrected chi connectivity index (χ0v) is 12.2. The molecule has 0 heterocycles. The first kappa shape index (κ1) is 17.7. The summed E-state index contributed by atoms with van der Waals surface area (Å²) in [4.78, 5) is -1.21. The quantitative estimate of drug-likeness (QED) is 0.610. The van der Waals surface area contributed by atoms with Gasteiger partial charge in [-0.15, -0.1) is 0 Å². The van der Waals surface area contributed by atoms with Crippen LogP contribution in [0.15, 0.2) is 4.90 Å². The Hall–Kier alpha value is -1.38. The number of alkyl halides is 3. The van der Waals surface area contributed by atoms with E-state index in [4.69, 9.17) is 0 Å². The predicted molar refractivity (Wildman–Crippen MR) is 65.0 cm³/mol. The first-order chi connectivity index (χ1) is 9.57. The summed E-state index contributed by atoms with van der Waals surface area (Å²) in [6, 6.07) is 0. The molecule has 0 amide bonds. The molecule has 0 saturated heterocycles. The Morgan fingerprint density at radius 2 is 1.67 bits per heavy atom. The molecule has 0 radical (unpaired) electrons. The third-order valence-corrected chi connectivity index (χ3v) is 5.09. The average Bonchev–Trinajstić information content (AvgIpc) is 2.38. The van der Waals surface area contributed by atoms with Crippen LogP contribution in [0.2, 0.25) is 0 Å². The number of hydrogen-bond acceptors (Lipinski definition) is 3. The number of sulfone groups is 1. The van der Waals surface area contributed by atoms with Crippen molar-refractivity contribution in [3.05, 3.63) is 22.8 Å². The van der Waals surface area contributed by atoms with Crippen LogP contribution in [0.25, 0.3) is 0 Å². The van der Waals surface area contributed by atoms with Crippen molar-refractivity contribution in [2.45, 2.75) is 37.3 Å². The van der Waals surface area contributed by atoms with Crippen LogP contribution in [-0.4, -0.2) is 20.5 Å². The Balaban J connectivity index is 3.97. The van der Waals surface area contributed by atoms with Crippen molar-refractivity contribution in [1.82, 2.24) is 0 Å². The molecule has 1 aromatic carbocycles. The van der Waals surface area contributed by atoms with Gasteiger partial charge in [-0.05, 0) is 20.8 Å².